The number of halogens is 1. The predicted molar refractivity (Wildman–Crippen MR) is 94.0 cm³/mol. The topological polar surface area (TPSA) is 125 Å². The minimum atomic E-state index is -1.06. The fourth-order valence-electron chi connectivity index (χ4n) is 2.27. The molecule has 0 saturated heterocycles. The maximum absolute atomic E-state index is 11.2. The molecule has 0 amide bonds. The minimum Gasteiger partial charge on any atom is -0.480 e. The van der Waals surface area contributed by atoms with Crippen LogP contribution in [0.3, 0.4) is 0 Å². The molecule has 0 aromatic heterocycles. The van der Waals surface area contributed by atoms with E-state index in [0.717, 1.165) is 4.47 Å². The van der Waals surface area contributed by atoms with E-state index < -0.39 is 10.9 Å². The molecule has 0 aliphatic rings. The van der Waals surface area contributed by atoms with Gasteiger partial charge in [0.15, 0.2) is 0 Å². The van der Waals surface area contributed by atoms with E-state index in [1.54, 1.807) is 18.2 Å². The van der Waals surface area contributed by atoms with Gasteiger partial charge in [-0.15, -0.1) is 0 Å². The standard InChI is InChI=1S/C16H14BrN3O5/c17-13-3-1-2-10(7-13)16(19-23)11-4-5-14(20(24)25)12(6-11)8-18-9-15(21)22/h1-7,18,23H,8-9H2,(H,21,22). The van der Waals surface area contributed by atoms with Crippen molar-refractivity contribution in [3.63, 3.8) is 0 Å². The zero-order valence-electron chi connectivity index (χ0n) is 12.8. The number of carboxylic acid groups (broad SMARTS) is 1. The van der Waals surface area contributed by atoms with Crippen molar-refractivity contribution in [3.8, 4) is 0 Å². The molecule has 0 aliphatic carbocycles. The number of oxime groups is 1. The van der Waals surface area contributed by atoms with Crippen molar-refractivity contribution < 1.29 is 20.0 Å². The van der Waals surface area contributed by atoms with Gasteiger partial charge < -0.3 is 15.6 Å². The number of benzene rings is 2. The number of nitrogens with zero attached hydrogens (tertiary/aromatic N) is 2. The normalized spacial score (nSPS) is 11.3. The van der Waals surface area contributed by atoms with Gasteiger partial charge in [-0.05, 0) is 24.3 Å². The number of aliphatic carboxylic acids is 1. The third-order valence-corrected chi connectivity index (χ3v) is 3.83. The Kier molecular flexibility index (Phi) is 6.20. The molecule has 0 spiro atoms. The van der Waals surface area contributed by atoms with Crippen LogP contribution < -0.4 is 5.32 Å². The lowest BCUT2D eigenvalue weighted by Crippen LogP contribution is -2.22. The summed E-state index contributed by atoms with van der Waals surface area (Å²) in [5.41, 5.74) is 1.48. The second kappa shape index (κ2) is 8.36. The predicted octanol–water partition coefficient (Wildman–Crippen LogP) is 2.76. The summed E-state index contributed by atoms with van der Waals surface area (Å²) >= 11 is 3.33. The molecule has 8 nitrogen and oxygen atoms in total. The number of rotatable bonds is 7. The van der Waals surface area contributed by atoms with Gasteiger partial charge in [0, 0.05) is 33.8 Å². The van der Waals surface area contributed by atoms with Gasteiger partial charge in [0.25, 0.3) is 5.69 Å². The summed E-state index contributed by atoms with van der Waals surface area (Å²) in [6.07, 6.45) is 0. The first kappa shape index (κ1) is 18.6. The Balaban J connectivity index is 2.40. The van der Waals surface area contributed by atoms with Crippen molar-refractivity contribution in [2.24, 2.45) is 5.16 Å². The van der Waals surface area contributed by atoms with Gasteiger partial charge >= 0.3 is 5.97 Å². The number of hydrogen-bond donors (Lipinski definition) is 3. The molecular formula is C16H14BrN3O5. The maximum atomic E-state index is 11.2. The van der Waals surface area contributed by atoms with E-state index in [2.05, 4.69) is 26.4 Å². The lowest BCUT2D eigenvalue weighted by molar-refractivity contribution is -0.385. The van der Waals surface area contributed by atoms with E-state index >= 15 is 0 Å². The highest BCUT2D eigenvalue weighted by Gasteiger charge is 2.17. The first-order valence-electron chi connectivity index (χ1n) is 7.10. The molecule has 2 aromatic rings. The zero-order chi connectivity index (χ0) is 18.4. The molecule has 2 aromatic carbocycles. The molecule has 0 fully saturated rings. The maximum Gasteiger partial charge on any atom is 0.317 e. The highest BCUT2D eigenvalue weighted by Crippen LogP contribution is 2.23. The lowest BCUT2D eigenvalue weighted by atomic mass is 9.99. The third-order valence-electron chi connectivity index (χ3n) is 3.34. The Morgan fingerprint density at radius 3 is 2.56 bits per heavy atom. The van der Waals surface area contributed by atoms with Crippen LogP contribution in [0.15, 0.2) is 52.1 Å². The van der Waals surface area contributed by atoms with Crippen molar-refractivity contribution in [1.29, 1.82) is 0 Å². The van der Waals surface area contributed by atoms with Gasteiger partial charge in [-0.2, -0.15) is 0 Å². The Morgan fingerprint density at radius 1 is 1.24 bits per heavy atom. The molecule has 3 N–H and O–H groups in total. The number of carbonyl (C=O) groups is 1. The fraction of sp³-hybridized carbons (Fsp3) is 0.125. The van der Waals surface area contributed by atoms with Crippen LogP contribution in [0.2, 0.25) is 0 Å². The summed E-state index contributed by atoms with van der Waals surface area (Å²) in [4.78, 5) is 21.2. The molecule has 0 aliphatic heterocycles. The number of nitro groups is 1. The minimum absolute atomic E-state index is 0.00630. The number of hydrogen-bond acceptors (Lipinski definition) is 6. The lowest BCUT2D eigenvalue weighted by Gasteiger charge is -2.09. The molecule has 0 atom stereocenters. The average Bonchev–Trinajstić information content (AvgIpc) is 2.55. The Hall–Kier alpha value is -2.78. The summed E-state index contributed by atoms with van der Waals surface area (Å²) in [5, 5.41) is 35.1. The van der Waals surface area contributed by atoms with E-state index in [1.165, 1.54) is 18.2 Å². The Morgan fingerprint density at radius 2 is 1.96 bits per heavy atom. The van der Waals surface area contributed by atoms with Gasteiger partial charge in [0.2, 0.25) is 0 Å². The SMILES string of the molecule is O=C(O)CNCc1cc(C(=NO)c2cccc(Br)c2)ccc1[N+](=O)[O-]. The van der Waals surface area contributed by atoms with Gasteiger partial charge in [0.05, 0.1) is 11.5 Å². The molecule has 2 rings (SSSR count). The third kappa shape index (κ3) is 4.85. The van der Waals surface area contributed by atoms with Crippen LogP contribution in [0.1, 0.15) is 16.7 Å². The van der Waals surface area contributed by atoms with Crippen LogP contribution in [-0.4, -0.2) is 33.5 Å². The monoisotopic (exact) mass is 407 g/mol. The van der Waals surface area contributed by atoms with Gasteiger partial charge in [-0.3, -0.25) is 14.9 Å². The summed E-state index contributed by atoms with van der Waals surface area (Å²) < 4.78 is 0.788. The van der Waals surface area contributed by atoms with E-state index in [-0.39, 0.29) is 24.5 Å². The van der Waals surface area contributed by atoms with E-state index in [0.29, 0.717) is 16.7 Å². The molecule has 0 bridgehead atoms. The fourth-order valence-corrected chi connectivity index (χ4v) is 2.67. The largest absolute Gasteiger partial charge is 0.480 e. The second-order valence-electron chi connectivity index (χ2n) is 5.06. The zero-order valence-corrected chi connectivity index (χ0v) is 14.4. The van der Waals surface area contributed by atoms with E-state index in [4.69, 9.17) is 5.11 Å². The molecule has 130 valence electrons. The van der Waals surface area contributed by atoms with Crippen molar-refractivity contribution in [3.05, 3.63) is 73.7 Å². The van der Waals surface area contributed by atoms with Crippen molar-refractivity contribution >= 4 is 33.3 Å². The summed E-state index contributed by atoms with van der Waals surface area (Å²) in [7, 11) is 0. The van der Waals surface area contributed by atoms with Crippen molar-refractivity contribution in [2.75, 3.05) is 6.54 Å². The molecule has 0 heterocycles. The first-order chi connectivity index (χ1) is 11.9. The molecule has 25 heavy (non-hydrogen) atoms. The number of nitro benzene ring substituents is 1. The van der Waals surface area contributed by atoms with Gasteiger partial charge in [-0.25, -0.2) is 0 Å². The van der Waals surface area contributed by atoms with Crippen molar-refractivity contribution in [1.82, 2.24) is 5.32 Å². The summed E-state index contributed by atoms with van der Waals surface area (Å²) in [6, 6.07) is 11.4. The van der Waals surface area contributed by atoms with Crippen LogP contribution in [0.25, 0.3) is 0 Å². The molecule has 0 radical (unpaired) electrons. The smallest absolute Gasteiger partial charge is 0.317 e. The summed E-state index contributed by atoms with van der Waals surface area (Å²) in [6.45, 7) is -0.332. The van der Waals surface area contributed by atoms with Crippen molar-refractivity contribution in [2.45, 2.75) is 6.54 Å². The van der Waals surface area contributed by atoms with Crippen LogP contribution in [-0.2, 0) is 11.3 Å². The highest BCUT2D eigenvalue weighted by atomic mass is 79.9. The van der Waals surface area contributed by atoms with Gasteiger partial charge in [0.1, 0.15) is 5.71 Å². The molecular weight excluding hydrogens is 394 g/mol. The molecule has 0 unspecified atom stereocenters. The Labute approximate surface area is 151 Å². The first-order valence-corrected chi connectivity index (χ1v) is 7.90. The summed E-state index contributed by atoms with van der Waals surface area (Å²) in [5.74, 6) is -1.06. The number of nitrogens with one attached hydrogen (secondary N) is 1. The number of carboxylic acids is 1. The van der Waals surface area contributed by atoms with Crippen LogP contribution in [0.5, 0.6) is 0 Å². The highest BCUT2D eigenvalue weighted by molar-refractivity contribution is 9.10. The van der Waals surface area contributed by atoms with E-state index in [9.17, 15) is 20.1 Å². The quantitative estimate of drug-likeness (QED) is 0.280. The molecule has 0 saturated carbocycles. The molecule has 9 heteroatoms. The van der Waals surface area contributed by atoms with Crippen LogP contribution in [0.4, 0.5) is 5.69 Å². The van der Waals surface area contributed by atoms with Crippen LogP contribution >= 0.6 is 15.9 Å². The van der Waals surface area contributed by atoms with Crippen LogP contribution in [0, 0.1) is 10.1 Å². The average molecular weight is 408 g/mol. The van der Waals surface area contributed by atoms with Gasteiger partial charge in [-0.1, -0.05) is 33.2 Å². The Bertz CT molecular complexity index is 838. The van der Waals surface area contributed by atoms with E-state index in [1.807, 2.05) is 6.07 Å². The second-order valence-corrected chi connectivity index (χ2v) is 5.97.